The van der Waals surface area contributed by atoms with Gasteiger partial charge in [0.15, 0.2) is 0 Å². The zero-order valence-corrected chi connectivity index (χ0v) is 12.1. The standard InChI is InChI=1S/C16H20BNO/c1-12-9-14(3)16(10-13(12)2)17(4)19-11-15-7-5-6-8-18-15/h5-10H,11H2,1-4H3. The summed E-state index contributed by atoms with van der Waals surface area (Å²) in [5.74, 6) is 0. The highest BCUT2D eigenvalue weighted by molar-refractivity contribution is 6.66. The van der Waals surface area contributed by atoms with Crippen LogP contribution in [-0.4, -0.2) is 11.9 Å². The summed E-state index contributed by atoms with van der Waals surface area (Å²) in [5.41, 5.74) is 6.17. The number of pyridine rings is 1. The van der Waals surface area contributed by atoms with Gasteiger partial charge in [-0.3, -0.25) is 4.98 Å². The summed E-state index contributed by atoms with van der Waals surface area (Å²) >= 11 is 0. The number of aryl methyl sites for hydroxylation is 3. The lowest BCUT2D eigenvalue weighted by Crippen LogP contribution is -2.32. The maximum atomic E-state index is 5.93. The molecule has 2 rings (SSSR count). The molecule has 0 saturated carbocycles. The average molecular weight is 253 g/mol. The Kier molecular flexibility index (Phi) is 4.38. The van der Waals surface area contributed by atoms with Gasteiger partial charge in [-0.05, 0) is 49.5 Å². The zero-order chi connectivity index (χ0) is 13.8. The first-order valence-corrected chi connectivity index (χ1v) is 6.67. The van der Waals surface area contributed by atoms with Crippen molar-refractivity contribution >= 4 is 12.4 Å². The molecule has 0 bridgehead atoms. The second-order valence-corrected chi connectivity index (χ2v) is 5.07. The van der Waals surface area contributed by atoms with E-state index in [1.165, 1.54) is 22.2 Å². The SMILES string of the molecule is CB(OCc1ccccn1)c1cc(C)c(C)cc1C. The summed E-state index contributed by atoms with van der Waals surface area (Å²) in [4.78, 5) is 4.27. The van der Waals surface area contributed by atoms with E-state index in [4.69, 9.17) is 4.65 Å². The molecule has 0 fully saturated rings. The molecule has 1 aromatic heterocycles. The molecule has 2 aromatic rings. The molecule has 0 radical (unpaired) electrons. The first kappa shape index (κ1) is 13.8. The third-order valence-corrected chi connectivity index (χ3v) is 3.53. The zero-order valence-electron chi connectivity index (χ0n) is 12.1. The van der Waals surface area contributed by atoms with Crippen molar-refractivity contribution in [1.29, 1.82) is 0 Å². The Bertz CT molecular complexity index is 554. The molecular formula is C16H20BNO. The van der Waals surface area contributed by atoms with Crippen molar-refractivity contribution in [2.45, 2.75) is 34.2 Å². The molecule has 1 aromatic carbocycles. The van der Waals surface area contributed by atoms with E-state index >= 15 is 0 Å². The molecule has 0 saturated heterocycles. The topological polar surface area (TPSA) is 22.1 Å². The van der Waals surface area contributed by atoms with E-state index in [2.05, 4.69) is 44.7 Å². The Labute approximate surface area is 116 Å². The van der Waals surface area contributed by atoms with Crippen molar-refractivity contribution in [2.75, 3.05) is 0 Å². The quantitative estimate of drug-likeness (QED) is 0.781. The second kappa shape index (κ2) is 6.03. The Morgan fingerprint density at radius 2 is 1.79 bits per heavy atom. The van der Waals surface area contributed by atoms with Crippen LogP contribution in [0.1, 0.15) is 22.4 Å². The number of benzene rings is 1. The predicted molar refractivity (Wildman–Crippen MR) is 80.9 cm³/mol. The molecule has 19 heavy (non-hydrogen) atoms. The van der Waals surface area contributed by atoms with Crippen LogP contribution in [0, 0.1) is 20.8 Å². The molecule has 0 aliphatic heterocycles. The van der Waals surface area contributed by atoms with Gasteiger partial charge in [0.05, 0.1) is 12.3 Å². The summed E-state index contributed by atoms with van der Waals surface area (Å²) in [6, 6.07) is 10.3. The number of nitrogens with zero attached hydrogens (tertiary/aromatic N) is 1. The van der Waals surface area contributed by atoms with E-state index in [9.17, 15) is 0 Å². The molecule has 0 spiro atoms. The van der Waals surface area contributed by atoms with Gasteiger partial charge in [0.25, 0.3) is 0 Å². The van der Waals surface area contributed by atoms with Crippen molar-refractivity contribution < 1.29 is 4.65 Å². The molecule has 1 heterocycles. The summed E-state index contributed by atoms with van der Waals surface area (Å²) < 4.78 is 5.93. The lowest BCUT2D eigenvalue weighted by atomic mass is 9.61. The summed E-state index contributed by atoms with van der Waals surface area (Å²) in [7, 11) is 0. The first-order chi connectivity index (χ1) is 9.08. The Morgan fingerprint density at radius 3 is 2.47 bits per heavy atom. The van der Waals surface area contributed by atoms with Gasteiger partial charge in [0.2, 0.25) is 0 Å². The highest BCUT2D eigenvalue weighted by atomic mass is 16.4. The molecule has 0 atom stereocenters. The van der Waals surface area contributed by atoms with Gasteiger partial charge in [-0.2, -0.15) is 0 Å². The smallest absolute Gasteiger partial charge is 0.324 e. The van der Waals surface area contributed by atoms with Crippen molar-refractivity contribution in [1.82, 2.24) is 4.98 Å². The molecular weight excluding hydrogens is 233 g/mol. The van der Waals surface area contributed by atoms with Crippen LogP contribution in [0.25, 0.3) is 0 Å². The van der Waals surface area contributed by atoms with E-state index in [1.807, 2.05) is 18.2 Å². The lowest BCUT2D eigenvalue weighted by Gasteiger charge is -2.15. The molecule has 0 amide bonds. The van der Waals surface area contributed by atoms with E-state index in [0.717, 1.165) is 5.69 Å². The highest BCUT2D eigenvalue weighted by Gasteiger charge is 2.15. The monoisotopic (exact) mass is 253 g/mol. The van der Waals surface area contributed by atoms with Crippen LogP contribution in [0.2, 0.25) is 6.82 Å². The van der Waals surface area contributed by atoms with E-state index < -0.39 is 0 Å². The molecule has 98 valence electrons. The van der Waals surface area contributed by atoms with Gasteiger partial charge < -0.3 is 4.65 Å². The van der Waals surface area contributed by atoms with E-state index in [1.54, 1.807) is 6.20 Å². The highest BCUT2D eigenvalue weighted by Crippen LogP contribution is 2.09. The van der Waals surface area contributed by atoms with E-state index in [-0.39, 0.29) is 6.92 Å². The van der Waals surface area contributed by atoms with Gasteiger partial charge in [-0.15, -0.1) is 0 Å². The normalized spacial score (nSPS) is 10.5. The van der Waals surface area contributed by atoms with Crippen LogP contribution >= 0.6 is 0 Å². The summed E-state index contributed by atoms with van der Waals surface area (Å²) in [5, 5.41) is 0. The number of hydrogen-bond acceptors (Lipinski definition) is 2. The van der Waals surface area contributed by atoms with E-state index in [0.29, 0.717) is 6.61 Å². The fourth-order valence-corrected chi connectivity index (χ4v) is 2.20. The molecule has 2 nitrogen and oxygen atoms in total. The average Bonchev–Trinajstić information content (AvgIpc) is 2.41. The van der Waals surface area contributed by atoms with Gasteiger partial charge in [-0.25, -0.2) is 0 Å². The van der Waals surface area contributed by atoms with Crippen LogP contribution < -0.4 is 5.46 Å². The minimum Gasteiger partial charge on any atom is -0.425 e. The van der Waals surface area contributed by atoms with Crippen molar-refractivity contribution in [3.8, 4) is 0 Å². The number of hydrogen-bond donors (Lipinski definition) is 0. The lowest BCUT2D eigenvalue weighted by molar-refractivity contribution is 0.313. The Hall–Kier alpha value is -1.61. The largest absolute Gasteiger partial charge is 0.425 e. The maximum Gasteiger partial charge on any atom is 0.324 e. The molecule has 0 unspecified atom stereocenters. The van der Waals surface area contributed by atoms with Crippen molar-refractivity contribution in [3.63, 3.8) is 0 Å². The fraction of sp³-hybridized carbons (Fsp3) is 0.312. The predicted octanol–water partition coefficient (Wildman–Crippen LogP) is 3.05. The van der Waals surface area contributed by atoms with Gasteiger partial charge >= 0.3 is 6.92 Å². The van der Waals surface area contributed by atoms with Crippen LogP contribution in [-0.2, 0) is 11.3 Å². The molecule has 0 aliphatic carbocycles. The Morgan fingerprint density at radius 1 is 1.05 bits per heavy atom. The minimum atomic E-state index is 0.0845. The van der Waals surface area contributed by atoms with Crippen LogP contribution in [0.15, 0.2) is 36.5 Å². The second-order valence-electron chi connectivity index (χ2n) is 5.07. The summed E-state index contributed by atoms with van der Waals surface area (Å²) in [6.07, 6.45) is 1.80. The summed E-state index contributed by atoms with van der Waals surface area (Å²) in [6.45, 7) is 9.16. The van der Waals surface area contributed by atoms with Crippen LogP contribution in [0.4, 0.5) is 0 Å². The molecule has 3 heteroatoms. The fourth-order valence-electron chi connectivity index (χ4n) is 2.20. The van der Waals surface area contributed by atoms with Gasteiger partial charge in [-0.1, -0.05) is 30.6 Å². The first-order valence-electron chi connectivity index (χ1n) is 6.67. The van der Waals surface area contributed by atoms with Crippen LogP contribution in [0.5, 0.6) is 0 Å². The number of aromatic nitrogens is 1. The van der Waals surface area contributed by atoms with Crippen molar-refractivity contribution in [3.05, 3.63) is 58.9 Å². The molecule has 0 aliphatic rings. The van der Waals surface area contributed by atoms with Gasteiger partial charge in [0.1, 0.15) is 0 Å². The molecule has 0 N–H and O–H groups in total. The Balaban J connectivity index is 2.08. The van der Waals surface area contributed by atoms with Crippen molar-refractivity contribution in [2.24, 2.45) is 0 Å². The minimum absolute atomic E-state index is 0.0845. The third-order valence-electron chi connectivity index (χ3n) is 3.53. The number of rotatable bonds is 4. The van der Waals surface area contributed by atoms with Crippen LogP contribution in [0.3, 0.4) is 0 Å². The van der Waals surface area contributed by atoms with Gasteiger partial charge in [0, 0.05) is 6.20 Å². The third kappa shape index (κ3) is 3.45. The maximum absolute atomic E-state index is 5.93.